The molecule has 0 nitrogen and oxygen atoms in total. The third kappa shape index (κ3) is 1.08. The molecule has 0 heteroatoms. The molecule has 1 fully saturated rings. The Morgan fingerprint density at radius 1 is 1.13 bits per heavy atom. The van der Waals surface area contributed by atoms with E-state index in [-0.39, 0.29) is 0 Å². The quantitative estimate of drug-likeness (QED) is 0.585. The van der Waals surface area contributed by atoms with Gasteiger partial charge in [-0.25, -0.2) is 0 Å². The molecule has 1 saturated carbocycles. The van der Waals surface area contributed by atoms with Crippen LogP contribution >= 0.6 is 0 Å². The molecule has 2 atom stereocenters. The molecule has 0 N–H and O–H groups in total. The average Bonchev–Trinajstić information content (AvgIpc) is 2.85. The SMILES string of the molecule is CC1=Cc2cc(C)c(C)cc2C2CC12C. The number of benzene rings is 1. The van der Waals surface area contributed by atoms with Gasteiger partial charge in [-0.05, 0) is 60.8 Å². The highest BCUT2D eigenvalue weighted by molar-refractivity contribution is 5.67. The van der Waals surface area contributed by atoms with Crippen LogP contribution < -0.4 is 0 Å². The molecule has 0 amide bonds. The largest absolute Gasteiger partial charge is 0.0662 e. The Morgan fingerprint density at radius 3 is 2.53 bits per heavy atom. The lowest BCUT2D eigenvalue weighted by Gasteiger charge is -2.21. The molecule has 0 aliphatic heterocycles. The fraction of sp³-hybridized carbons (Fsp3) is 0.467. The molecule has 1 aromatic carbocycles. The Hall–Kier alpha value is -1.04. The molecule has 78 valence electrons. The van der Waals surface area contributed by atoms with E-state index in [1.165, 1.54) is 23.1 Å². The molecule has 0 heterocycles. The lowest BCUT2D eigenvalue weighted by molar-refractivity contribution is 0.654. The Kier molecular flexibility index (Phi) is 1.57. The van der Waals surface area contributed by atoms with Crippen LogP contribution in [0.25, 0.3) is 6.08 Å². The first-order valence-corrected chi connectivity index (χ1v) is 5.82. The maximum absolute atomic E-state index is 2.41. The van der Waals surface area contributed by atoms with Crippen molar-refractivity contribution in [2.75, 3.05) is 0 Å². The minimum Gasteiger partial charge on any atom is -0.0662 e. The molecule has 2 unspecified atom stereocenters. The Bertz CT molecular complexity index is 479. The van der Waals surface area contributed by atoms with Gasteiger partial charge in [-0.1, -0.05) is 30.7 Å². The van der Waals surface area contributed by atoms with Crippen molar-refractivity contribution in [1.82, 2.24) is 0 Å². The zero-order valence-corrected chi connectivity index (χ0v) is 10.0. The predicted molar refractivity (Wildman–Crippen MR) is 65.0 cm³/mol. The third-order valence-electron chi connectivity index (χ3n) is 4.58. The van der Waals surface area contributed by atoms with E-state index in [0.29, 0.717) is 5.41 Å². The van der Waals surface area contributed by atoms with Crippen molar-refractivity contribution in [3.63, 3.8) is 0 Å². The monoisotopic (exact) mass is 198 g/mol. The van der Waals surface area contributed by atoms with E-state index in [1.54, 1.807) is 11.1 Å². The second-order valence-corrected chi connectivity index (χ2v) is 5.57. The summed E-state index contributed by atoms with van der Waals surface area (Å²) in [6.45, 7) is 9.12. The van der Waals surface area contributed by atoms with Gasteiger partial charge >= 0.3 is 0 Å². The molecule has 2 aliphatic rings. The van der Waals surface area contributed by atoms with Crippen molar-refractivity contribution in [3.05, 3.63) is 40.0 Å². The van der Waals surface area contributed by atoms with E-state index in [0.717, 1.165) is 5.92 Å². The van der Waals surface area contributed by atoms with Crippen molar-refractivity contribution in [2.45, 2.75) is 40.0 Å². The van der Waals surface area contributed by atoms with Gasteiger partial charge in [0.2, 0.25) is 0 Å². The Labute approximate surface area is 92.0 Å². The number of hydrogen-bond acceptors (Lipinski definition) is 0. The molecular formula is C15H18. The maximum atomic E-state index is 2.41. The number of aryl methyl sites for hydroxylation is 2. The molecule has 3 rings (SSSR count). The molecule has 0 bridgehead atoms. The van der Waals surface area contributed by atoms with E-state index in [4.69, 9.17) is 0 Å². The first kappa shape index (κ1) is 9.21. The van der Waals surface area contributed by atoms with Crippen molar-refractivity contribution >= 4 is 6.08 Å². The van der Waals surface area contributed by atoms with Crippen molar-refractivity contribution in [1.29, 1.82) is 0 Å². The van der Waals surface area contributed by atoms with Crippen LogP contribution in [0.3, 0.4) is 0 Å². The maximum Gasteiger partial charge on any atom is -0.00405 e. The minimum atomic E-state index is 0.495. The van der Waals surface area contributed by atoms with Gasteiger partial charge in [0.15, 0.2) is 0 Å². The number of fused-ring (bicyclic) bond motifs is 3. The second kappa shape index (κ2) is 2.55. The molecule has 1 aromatic rings. The van der Waals surface area contributed by atoms with Crippen molar-refractivity contribution in [2.24, 2.45) is 5.41 Å². The van der Waals surface area contributed by atoms with Crippen LogP contribution in [-0.4, -0.2) is 0 Å². The first-order valence-electron chi connectivity index (χ1n) is 5.82. The van der Waals surface area contributed by atoms with Crippen molar-refractivity contribution in [3.8, 4) is 0 Å². The van der Waals surface area contributed by atoms with Gasteiger partial charge in [-0.15, -0.1) is 0 Å². The van der Waals surface area contributed by atoms with Crippen LogP contribution in [0, 0.1) is 19.3 Å². The van der Waals surface area contributed by atoms with Gasteiger partial charge < -0.3 is 0 Å². The lowest BCUT2D eigenvalue weighted by Crippen LogP contribution is -2.06. The van der Waals surface area contributed by atoms with Crippen LogP contribution in [0.1, 0.15) is 48.4 Å². The normalized spacial score (nSPS) is 31.7. The van der Waals surface area contributed by atoms with Crippen LogP contribution in [-0.2, 0) is 0 Å². The van der Waals surface area contributed by atoms with Gasteiger partial charge in [0.25, 0.3) is 0 Å². The molecule has 2 aliphatic carbocycles. The molecule has 0 radical (unpaired) electrons. The van der Waals surface area contributed by atoms with E-state index in [2.05, 4.69) is 45.9 Å². The molecule has 15 heavy (non-hydrogen) atoms. The van der Waals surface area contributed by atoms with E-state index >= 15 is 0 Å². The fourth-order valence-electron chi connectivity index (χ4n) is 2.94. The van der Waals surface area contributed by atoms with E-state index < -0.39 is 0 Å². The van der Waals surface area contributed by atoms with Gasteiger partial charge in [-0.2, -0.15) is 0 Å². The summed E-state index contributed by atoms with van der Waals surface area (Å²) in [6.07, 6.45) is 3.75. The molecule has 0 aromatic heterocycles. The second-order valence-electron chi connectivity index (χ2n) is 5.57. The number of hydrogen-bond donors (Lipinski definition) is 0. The summed E-state index contributed by atoms with van der Waals surface area (Å²) in [7, 11) is 0. The van der Waals surface area contributed by atoms with Crippen LogP contribution in [0.15, 0.2) is 17.7 Å². The summed E-state index contributed by atoms with van der Waals surface area (Å²) in [6, 6.07) is 4.76. The number of allylic oxidation sites excluding steroid dienone is 1. The van der Waals surface area contributed by atoms with Gasteiger partial charge in [0.05, 0.1) is 0 Å². The zero-order chi connectivity index (χ0) is 10.8. The summed E-state index contributed by atoms with van der Waals surface area (Å²) < 4.78 is 0. The third-order valence-corrected chi connectivity index (χ3v) is 4.58. The first-order chi connectivity index (χ1) is 7.02. The van der Waals surface area contributed by atoms with E-state index in [1.807, 2.05) is 0 Å². The Morgan fingerprint density at radius 2 is 1.80 bits per heavy atom. The summed E-state index contributed by atoms with van der Waals surface area (Å²) in [5.41, 5.74) is 7.98. The number of rotatable bonds is 0. The van der Waals surface area contributed by atoms with Gasteiger partial charge in [-0.3, -0.25) is 0 Å². The minimum absolute atomic E-state index is 0.495. The predicted octanol–water partition coefficient (Wildman–Crippen LogP) is 4.21. The van der Waals surface area contributed by atoms with Crippen LogP contribution in [0.2, 0.25) is 0 Å². The summed E-state index contributed by atoms with van der Waals surface area (Å²) in [5.74, 6) is 0.803. The summed E-state index contributed by atoms with van der Waals surface area (Å²) in [5, 5.41) is 0. The molecule has 0 saturated heterocycles. The topological polar surface area (TPSA) is 0 Å². The highest BCUT2D eigenvalue weighted by Gasteiger charge is 2.54. The Balaban J connectivity index is 2.23. The zero-order valence-electron chi connectivity index (χ0n) is 10.0. The molecular weight excluding hydrogens is 180 g/mol. The highest BCUT2D eigenvalue weighted by Crippen LogP contribution is 2.66. The standard InChI is InChI=1S/C15H18/c1-9-5-12-7-11(3)15(4)8-14(15)13(12)6-10(9)2/h5-7,14H,8H2,1-4H3. The smallest absolute Gasteiger partial charge is 0.00405 e. The average molecular weight is 198 g/mol. The fourth-order valence-corrected chi connectivity index (χ4v) is 2.94. The molecule has 0 spiro atoms. The highest BCUT2D eigenvalue weighted by atomic mass is 14.6. The summed E-state index contributed by atoms with van der Waals surface area (Å²) >= 11 is 0. The summed E-state index contributed by atoms with van der Waals surface area (Å²) in [4.78, 5) is 0. The van der Waals surface area contributed by atoms with Crippen LogP contribution in [0.4, 0.5) is 0 Å². The van der Waals surface area contributed by atoms with Gasteiger partial charge in [0, 0.05) is 0 Å². The van der Waals surface area contributed by atoms with E-state index in [9.17, 15) is 0 Å². The van der Waals surface area contributed by atoms with Crippen LogP contribution in [0.5, 0.6) is 0 Å². The lowest BCUT2D eigenvalue weighted by atomic mass is 9.83. The van der Waals surface area contributed by atoms with Crippen molar-refractivity contribution < 1.29 is 0 Å². The van der Waals surface area contributed by atoms with Gasteiger partial charge in [0.1, 0.15) is 0 Å².